The van der Waals surface area contributed by atoms with Crippen LogP contribution in [0.1, 0.15) is 44.2 Å². The van der Waals surface area contributed by atoms with Crippen LogP contribution in [0.3, 0.4) is 0 Å². The van der Waals surface area contributed by atoms with E-state index in [1.54, 1.807) is 27.9 Å². The van der Waals surface area contributed by atoms with E-state index < -0.39 is 23.7 Å². The highest BCUT2D eigenvalue weighted by molar-refractivity contribution is 5.89. The summed E-state index contributed by atoms with van der Waals surface area (Å²) in [5.74, 6) is -1.36. The molecule has 3 rings (SSSR count). The van der Waals surface area contributed by atoms with E-state index in [0.29, 0.717) is 19.6 Å². The monoisotopic (exact) mass is 385 g/mol. The van der Waals surface area contributed by atoms with Gasteiger partial charge in [-0.1, -0.05) is 36.4 Å². The van der Waals surface area contributed by atoms with Gasteiger partial charge in [0.05, 0.1) is 6.61 Å². The van der Waals surface area contributed by atoms with E-state index in [0.717, 1.165) is 21.9 Å². The number of hydrogen-bond donors (Lipinski definition) is 1. The maximum absolute atomic E-state index is 12.6. The number of methoxy groups -OCH3 is 1. The van der Waals surface area contributed by atoms with Crippen LogP contribution in [0.15, 0.2) is 36.4 Å². The number of carboxylic acid groups (broad SMARTS) is 1. The number of hydrogen-bond acceptors (Lipinski definition) is 4. The van der Waals surface area contributed by atoms with Gasteiger partial charge in [0.1, 0.15) is 11.6 Å². The van der Waals surface area contributed by atoms with E-state index in [9.17, 15) is 14.7 Å². The summed E-state index contributed by atoms with van der Waals surface area (Å²) in [5.41, 5.74) is 1.21. The lowest BCUT2D eigenvalue weighted by Gasteiger charge is -2.29. The Morgan fingerprint density at radius 2 is 1.89 bits per heavy atom. The fourth-order valence-electron chi connectivity index (χ4n) is 3.99. The van der Waals surface area contributed by atoms with Crippen LogP contribution < -0.4 is 0 Å². The van der Waals surface area contributed by atoms with Crippen LogP contribution in [0.5, 0.6) is 0 Å². The highest BCUT2D eigenvalue weighted by atomic mass is 16.6. The molecule has 2 aromatic carbocycles. The number of carbonyl (C=O) groups excluding carboxylic acids is 1. The van der Waals surface area contributed by atoms with Crippen molar-refractivity contribution in [3.63, 3.8) is 0 Å². The quantitative estimate of drug-likeness (QED) is 0.855. The molecule has 0 spiro atoms. The molecule has 0 radical (unpaired) electrons. The number of fused-ring (bicyclic) bond motifs is 1. The molecule has 1 saturated heterocycles. The van der Waals surface area contributed by atoms with E-state index in [1.807, 2.05) is 36.4 Å². The number of ether oxygens (including phenoxy) is 2. The van der Waals surface area contributed by atoms with Gasteiger partial charge in [-0.05, 0) is 49.1 Å². The molecule has 0 bridgehead atoms. The van der Waals surface area contributed by atoms with Crippen LogP contribution in [0.4, 0.5) is 4.79 Å². The first-order valence-corrected chi connectivity index (χ1v) is 9.45. The zero-order valence-electron chi connectivity index (χ0n) is 16.8. The van der Waals surface area contributed by atoms with E-state index in [-0.39, 0.29) is 5.92 Å². The Labute approximate surface area is 165 Å². The second-order valence-electron chi connectivity index (χ2n) is 8.14. The topological polar surface area (TPSA) is 76.1 Å². The first-order chi connectivity index (χ1) is 13.2. The molecule has 1 aliphatic rings. The Kier molecular flexibility index (Phi) is 5.61. The second-order valence-corrected chi connectivity index (χ2v) is 8.14. The van der Waals surface area contributed by atoms with Gasteiger partial charge in [-0.2, -0.15) is 0 Å². The fourth-order valence-corrected chi connectivity index (χ4v) is 3.99. The molecule has 1 N–H and O–H groups in total. The zero-order chi connectivity index (χ0) is 20.5. The number of amides is 1. The smallest absolute Gasteiger partial charge is 0.411 e. The zero-order valence-corrected chi connectivity index (χ0v) is 16.8. The van der Waals surface area contributed by atoms with Gasteiger partial charge < -0.3 is 14.6 Å². The molecule has 1 aliphatic heterocycles. The maximum Gasteiger partial charge on any atom is 0.411 e. The summed E-state index contributed by atoms with van der Waals surface area (Å²) in [6.45, 7) is 6.04. The number of aliphatic carboxylic acids is 1. The number of likely N-dealkylation sites (tertiary alicyclic amines) is 1. The largest absolute Gasteiger partial charge is 0.480 e. The summed E-state index contributed by atoms with van der Waals surface area (Å²) in [6, 6.07) is 10.9. The number of carbonyl (C=O) groups is 2. The maximum atomic E-state index is 12.6. The molecular weight excluding hydrogens is 358 g/mol. The lowest BCUT2D eigenvalue weighted by Crippen LogP contribution is -2.45. The van der Waals surface area contributed by atoms with E-state index in [2.05, 4.69) is 0 Å². The average Bonchev–Trinajstić information content (AvgIpc) is 3.05. The number of nitrogens with zero attached hydrogens (tertiary/aromatic N) is 1. The fraction of sp³-hybridized carbons (Fsp3) is 0.455. The summed E-state index contributed by atoms with van der Waals surface area (Å²) in [4.78, 5) is 26.2. The summed E-state index contributed by atoms with van der Waals surface area (Å²) < 4.78 is 10.8. The molecule has 0 unspecified atom stereocenters. The molecule has 150 valence electrons. The van der Waals surface area contributed by atoms with Crippen LogP contribution in [0, 0.1) is 0 Å². The van der Waals surface area contributed by atoms with E-state index >= 15 is 0 Å². The Morgan fingerprint density at radius 3 is 2.54 bits per heavy atom. The van der Waals surface area contributed by atoms with Gasteiger partial charge in [0.15, 0.2) is 0 Å². The van der Waals surface area contributed by atoms with Crippen LogP contribution in [0.25, 0.3) is 10.8 Å². The van der Waals surface area contributed by atoms with Crippen molar-refractivity contribution in [2.45, 2.75) is 51.4 Å². The minimum atomic E-state index is -1.02. The molecule has 1 amide bonds. The van der Waals surface area contributed by atoms with Gasteiger partial charge in [-0.25, -0.2) is 9.59 Å². The minimum absolute atomic E-state index is 0.332. The third-order valence-corrected chi connectivity index (χ3v) is 5.01. The third-order valence-electron chi connectivity index (χ3n) is 5.01. The Balaban J connectivity index is 2.06. The Bertz CT molecular complexity index is 886. The number of carboxylic acids is 1. The Morgan fingerprint density at radius 1 is 1.18 bits per heavy atom. The second kappa shape index (κ2) is 7.80. The van der Waals surface area contributed by atoms with Crippen molar-refractivity contribution in [3.8, 4) is 0 Å². The first kappa shape index (κ1) is 20.1. The van der Waals surface area contributed by atoms with Gasteiger partial charge in [0, 0.05) is 19.6 Å². The molecule has 0 saturated carbocycles. The first-order valence-electron chi connectivity index (χ1n) is 9.45. The lowest BCUT2D eigenvalue weighted by molar-refractivity contribution is -0.142. The number of rotatable bonds is 4. The molecule has 1 heterocycles. The summed E-state index contributed by atoms with van der Waals surface area (Å²) >= 11 is 0. The molecule has 2 atom stereocenters. The predicted molar refractivity (Wildman–Crippen MR) is 106 cm³/mol. The molecule has 28 heavy (non-hydrogen) atoms. The highest BCUT2D eigenvalue weighted by Gasteiger charge is 2.45. The van der Waals surface area contributed by atoms with Gasteiger partial charge in [0.25, 0.3) is 0 Å². The van der Waals surface area contributed by atoms with Crippen molar-refractivity contribution in [2.75, 3.05) is 13.7 Å². The van der Waals surface area contributed by atoms with Gasteiger partial charge in [-0.15, -0.1) is 0 Å². The molecular formula is C22H27NO5. The number of benzene rings is 2. The van der Waals surface area contributed by atoms with Crippen LogP contribution in [-0.4, -0.2) is 47.4 Å². The van der Waals surface area contributed by atoms with Crippen molar-refractivity contribution in [1.82, 2.24) is 4.90 Å². The lowest BCUT2D eigenvalue weighted by atomic mass is 9.84. The van der Waals surface area contributed by atoms with Gasteiger partial charge >= 0.3 is 12.1 Å². The van der Waals surface area contributed by atoms with E-state index in [4.69, 9.17) is 9.47 Å². The van der Waals surface area contributed by atoms with Crippen molar-refractivity contribution < 1.29 is 24.2 Å². The normalized spacial score (nSPS) is 19.8. The van der Waals surface area contributed by atoms with E-state index in [1.165, 1.54) is 4.90 Å². The minimum Gasteiger partial charge on any atom is -0.480 e. The molecule has 1 fully saturated rings. The Hall–Kier alpha value is -2.60. The van der Waals surface area contributed by atoms with Crippen molar-refractivity contribution in [3.05, 3.63) is 47.5 Å². The summed E-state index contributed by atoms with van der Waals surface area (Å²) in [5, 5.41) is 12.0. The van der Waals surface area contributed by atoms with Gasteiger partial charge in [-0.3, -0.25) is 4.90 Å². The standard InChI is InChI=1S/C22H27NO5/c1-22(2,3)28-21(26)23-12-11-17(19(23)20(24)25)18-15(13-27-4)10-9-14-7-5-6-8-16(14)18/h5-10,17,19H,11-13H2,1-4H3,(H,24,25)/t17-,19-/m1/s1. The van der Waals surface area contributed by atoms with Crippen LogP contribution in [0.2, 0.25) is 0 Å². The van der Waals surface area contributed by atoms with Crippen molar-refractivity contribution in [1.29, 1.82) is 0 Å². The van der Waals surface area contributed by atoms with Gasteiger partial charge in [0.2, 0.25) is 0 Å². The molecule has 6 heteroatoms. The SMILES string of the molecule is COCc1ccc2ccccc2c1[C@H]1CCN(C(=O)OC(C)(C)C)[C@H]1C(=O)O. The van der Waals surface area contributed by atoms with Crippen molar-refractivity contribution in [2.24, 2.45) is 0 Å². The average molecular weight is 385 g/mol. The highest BCUT2D eigenvalue weighted by Crippen LogP contribution is 2.40. The van der Waals surface area contributed by atoms with Crippen molar-refractivity contribution >= 4 is 22.8 Å². The summed E-state index contributed by atoms with van der Waals surface area (Å²) in [6.07, 6.45) is -0.0306. The molecule has 2 aromatic rings. The predicted octanol–water partition coefficient (Wildman–Crippen LogP) is 4.16. The van der Waals surface area contributed by atoms with Crippen LogP contribution in [-0.2, 0) is 20.9 Å². The van der Waals surface area contributed by atoms with Crippen LogP contribution >= 0.6 is 0 Å². The third kappa shape index (κ3) is 3.97. The molecule has 0 aromatic heterocycles. The summed E-state index contributed by atoms with van der Waals surface area (Å²) in [7, 11) is 1.62. The molecule has 0 aliphatic carbocycles. The molecule has 6 nitrogen and oxygen atoms in total.